The van der Waals surface area contributed by atoms with Gasteiger partial charge in [0.05, 0.1) is 0 Å². The second kappa shape index (κ2) is 11.0. The molecular weight excluding hydrogens is 372 g/mol. The van der Waals surface area contributed by atoms with Gasteiger partial charge in [0.25, 0.3) is 0 Å². The maximum atomic E-state index is 13.1. The van der Waals surface area contributed by atoms with Gasteiger partial charge in [-0.05, 0) is 56.7 Å². The molecule has 0 aromatic heterocycles. The second-order valence-electron chi connectivity index (χ2n) is 8.74. The highest BCUT2D eigenvalue weighted by Gasteiger charge is 2.26. The molecule has 2 aromatic rings. The monoisotopic (exact) mass is 408 g/mol. The zero-order chi connectivity index (χ0) is 22.3. The summed E-state index contributed by atoms with van der Waals surface area (Å²) in [6, 6.07) is 16.1. The summed E-state index contributed by atoms with van der Waals surface area (Å²) >= 11 is 0. The minimum atomic E-state index is -0.524. The van der Waals surface area contributed by atoms with E-state index < -0.39 is 6.04 Å². The van der Waals surface area contributed by atoms with Crippen LogP contribution in [-0.4, -0.2) is 28.8 Å². The van der Waals surface area contributed by atoms with E-state index in [1.807, 2.05) is 45.0 Å². The lowest BCUT2D eigenvalue weighted by atomic mass is 10.00. The van der Waals surface area contributed by atoms with Gasteiger partial charge in [0.15, 0.2) is 0 Å². The number of rotatable bonds is 9. The Morgan fingerprint density at radius 2 is 1.43 bits per heavy atom. The summed E-state index contributed by atoms with van der Waals surface area (Å²) in [7, 11) is 0. The third kappa shape index (κ3) is 7.01. The van der Waals surface area contributed by atoms with Gasteiger partial charge >= 0.3 is 0 Å². The Morgan fingerprint density at radius 3 is 1.97 bits per heavy atom. The van der Waals surface area contributed by atoms with Gasteiger partial charge in [-0.2, -0.15) is 0 Å². The van der Waals surface area contributed by atoms with Crippen molar-refractivity contribution in [2.75, 3.05) is 0 Å². The van der Waals surface area contributed by atoms with Crippen molar-refractivity contribution in [1.29, 1.82) is 0 Å². The number of hydrogen-bond acceptors (Lipinski definition) is 2. The van der Waals surface area contributed by atoms with Gasteiger partial charge < -0.3 is 10.2 Å². The van der Waals surface area contributed by atoms with Gasteiger partial charge in [0, 0.05) is 19.0 Å². The van der Waals surface area contributed by atoms with Gasteiger partial charge in [-0.15, -0.1) is 0 Å². The Labute approximate surface area is 181 Å². The first-order valence-corrected chi connectivity index (χ1v) is 10.9. The Balaban J connectivity index is 2.11. The SMILES string of the molecule is Cc1ccc(CN(C(=O)CCc2ccc(C(C)C)cc2)C(C)C(=O)NC(C)C)cc1. The Hall–Kier alpha value is -2.62. The molecule has 0 heterocycles. The van der Waals surface area contributed by atoms with E-state index in [2.05, 4.69) is 43.4 Å². The first-order chi connectivity index (χ1) is 14.2. The molecule has 0 fully saturated rings. The summed E-state index contributed by atoms with van der Waals surface area (Å²) in [5, 5.41) is 2.93. The summed E-state index contributed by atoms with van der Waals surface area (Å²) in [5.41, 5.74) is 4.64. The van der Waals surface area contributed by atoms with Crippen molar-refractivity contribution in [2.24, 2.45) is 0 Å². The first kappa shape index (κ1) is 23.7. The average Bonchev–Trinajstić information content (AvgIpc) is 2.70. The van der Waals surface area contributed by atoms with E-state index in [4.69, 9.17) is 0 Å². The molecule has 4 nitrogen and oxygen atoms in total. The first-order valence-electron chi connectivity index (χ1n) is 10.9. The van der Waals surface area contributed by atoms with Crippen LogP contribution in [0.5, 0.6) is 0 Å². The van der Waals surface area contributed by atoms with Gasteiger partial charge in [0.2, 0.25) is 11.8 Å². The number of hydrogen-bond donors (Lipinski definition) is 1. The van der Waals surface area contributed by atoms with E-state index in [9.17, 15) is 9.59 Å². The maximum absolute atomic E-state index is 13.1. The van der Waals surface area contributed by atoms with Crippen LogP contribution < -0.4 is 5.32 Å². The summed E-state index contributed by atoms with van der Waals surface area (Å²) in [6.07, 6.45) is 1.05. The molecule has 1 N–H and O–H groups in total. The Kier molecular flexibility index (Phi) is 8.64. The number of carbonyl (C=O) groups is 2. The van der Waals surface area contributed by atoms with E-state index in [1.54, 1.807) is 11.8 Å². The van der Waals surface area contributed by atoms with Crippen LogP contribution >= 0.6 is 0 Å². The van der Waals surface area contributed by atoms with Crippen molar-refractivity contribution in [3.8, 4) is 0 Å². The Morgan fingerprint density at radius 1 is 0.867 bits per heavy atom. The minimum absolute atomic E-state index is 0.00471. The average molecular weight is 409 g/mol. The smallest absolute Gasteiger partial charge is 0.242 e. The van der Waals surface area contributed by atoms with Gasteiger partial charge in [-0.25, -0.2) is 0 Å². The normalized spacial score (nSPS) is 12.1. The number of aryl methyl sites for hydroxylation is 2. The van der Waals surface area contributed by atoms with Crippen LogP contribution in [0.25, 0.3) is 0 Å². The standard InChI is InChI=1S/C26H36N2O2/c1-18(2)24-14-11-22(12-15-24)13-16-25(29)28(21(6)26(30)27-19(3)4)17-23-9-7-20(5)8-10-23/h7-12,14-15,18-19,21H,13,16-17H2,1-6H3,(H,27,30). The van der Waals surface area contributed by atoms with E-state index in [0.717, 1.165) is 11.1 Å². The molecule has 0 aliphatic carbocycles. The highest BCUT2D eigenvalue weighted by Crippen LogP contribution is 2.17. The summed E-state index contributed by atoms with van der Waals surface area (Å²) < 4.78 is 0. The number of nitrogens with zero attached hydrogens (tertiary/aromatic N) is 1. The van der Waals surface area contributed by atoms with Crippen molar-refractivity contribution < 1.29 is 9.59 Å². The summed E-state index contributed by atoms with van der Waals surface area (Å²) in [6.45, 7) is 12.5. The quantitative estimate of drug-likeness (QED) is 0.635. The molecule has 30 heavy (non-hydrogen) atoms. The lowest BCUT2D eigenvalue weighted by Crippen LogP contribution is -2.49. The van der Waals surface area contributed by atoms with Crippen LogP contribution in [0.4, 0.5) is 0 Å². The molecule has 2 aromatic carbocycles. The van der Waals surface area contributed by atoms with Crippen LogP contribution in [0.3, 0.4) is 0 Å². The van der Waals surface area contributed by atoms with Crippen LogP contribution in [-0.2, 0) is 22.6 Å². The predicted octanol–water partition coefficient (Wildman–Crippen LogP) is 4.99. The number of carbonyl (C=O) groups excluding carboxylic acids is 2. The highest BCUT2D eigenvalue weighted by atomic mass is 16.2. The summed E-state index contributed by atoms with van der Waals surface area (Å²) in [4.78, 5) is 27.5. The van der Waals surface area contributed by atoms with Gasteiger partial charge in [-0.1, -0.05) is 67.9 Å². The molecule has 0 bridgehead atoms. The molecule has 162 valence electrons. The Bertz CT molecular complexity index is 823. The molecule has 2 rings (SSSR count). The molecule has 0 radical (unpaired) electrons. The molecule has 0 aliphatic rings. The van der Waals surface area contributed by atoms with Crippen LogP contribution in [0.15, 0.2) is 48.5 Å². The fourth-order valence-corrected chi connectivity index (χ4v) is 3.34. The van der Waals surface area contributed by atoms with Crippen molar-refractivity contribution in [3.63, 3.8) is 0 Å². The van der Waals surface area contributed by atoms with Crippen LogP contribution in [0.1, 0.15) is 69.2 Å². The van der Waals surface area contributed by atoms with Crippen molar-refractivity contribution in [2.45, 2.75) is 78.9 Å². The van der Waals surface area contributed by atoms with Crippen molar-refractivity contribution in [1.82, 2.24) is 10.2 Å². The third-order valence-corrected chi connectivity index (χ3v) is 5.35. The number of amides is 2. The zero-order valence-corrected chi connectivity index (χ0v) is 19.2. The summed E-state index contributed by atoms with van der Waals surface area (Å²) in [5.74, 6) is 0.368. The third-order valence-electron chi connectivity index (χ3n) is 5.35. The lowest BCUT2D eigenvalue weighted by Gasteiger charge is -2.29. The molecule has 0 saturated carbocycles. The molecule has 1 atom stereocenters. The fraction of sp³-hybridized carbons (Fsp3) is 0.462. The topological polar surface area (TPSA) is 49.4 Å². The molecule has 0 aliphatic heterocycles. The van der Waals surface area contributed by atoms with E-state index in [-0.39, 0.29) is 17.9 Å². The number of benzene rings is 2. The minimum Gasteiger partial charge on any atom is -0.352 e. The number of nitrogens with one attached hydrogen (secondary N) is 1. The van der Waals surface area contributed by atoms with E-state index in [0.29, 0.717) is 25.3 Å². The van der Waals surface area contributed by atoms with Crippen LogP contribution in [0, 0.1) is 6.92 Å². The molecule has 2 amide bonds. The fourth-order valence-electron chi connectivity index (χ4n) is 3.34. The largest absolute Gasteiger partial charge is 0.352 e. The molecule has 4 heteroatoms. The molecule has 0 spiro atoms. The van der Waals surface area contributed by atoms with Crippen molar-refractivity contribution >= 4 is 11.8 Å². The maximum Gasteiger partial charge on any atom is 0.242 e. The van der Waals surface area contributed by atoms with Gasteiger partial charge in [0.1, 0.15) is 6.04 Å². The van der Waals surface area contributed by atoms with Crippen molar-refractivity contribution in [3.05, 3.63) is 70.8 Å². The van der Waals surface area contributed by atoms with Crippen LogP contribution in [0.2, 0.25) is 0 Å². The zero-order valence-electron chi connectivity index (χ0n) is 19.2. The predicted molar refractivity (Wildman–Crippen MR) is 123 cm³/mol. The molecule has 0 saturated heterocycles. The molecule has 1 unspecified atom stereocenters. The molecular formula is C26H36N2O2. The lowest BCUT2D eigenvalue weighted by molar-refractivity contribution is -0.140. The highest BCUT2D eigenvalue weighted by molar-refractivity contribution is 5.87. The van der Waals surface area contributed by atoms with Gasteiger partial charge in [-0.3, -0.25) is 9.59 Å². The second-order valence-corrected chi connectivity index (χ2v) is 8.74. The van der Waals surface area contributed by atoms with E-state index in [1.165, 1.54) is 11.1 Å². The van der Waals surface area contributed by atoms with E-state index >= 15 is 0 Å².